The average molecular weight is 404 g/mol. The molecule has 1 aliphatic rings. The molecule has 3 rings (SSSR count). The van der Waals surface area contributed by atoms with E-state index in [9.17, 15) is 13.6 Å². The fourth-order valence-corrected chi connectivity index (χ4v) is 3.25. The standard InChI is InChI=1S/C22H26F2N2O3/c1-13(2)21(16-6-8-19-20(12-16)29-10-4-9-28-19)26-22(27)25-14(3)15-5-7-17(23)18(24)11-15/h5-8,11-14,21H,4,9-10H2,1-3H3,(H2,25,26,27)/t14-,21+/m1/s1. The van der Waals surface area contributed by atoms with Crippen LogP contribution >= 0.6 is 0 Å². The fraction of sp³-hybridized carbons (Fsp3) is 0.409. The van der Waals surface area contributed by atoms with Crippen molar-refractivity contribution in [1.82, 2.24) is 10.6 Å². The number of nitrogens with one attached hydrogen (secondary N) is 2. The van der Waals surface area contributed by atoms with Crippen molar-refractivity contribution in [3.05, 3.63) is 59.2 Å². The van der Waals surface area contributed by atoms with Crippen LogP contribution in [0.25, 0.3) is 0 Å². The van der Waals surface area contributed by atoms with Crippen molar-refractivity contribution in [2.45, 2.75) is 39.3 Å². The topological polar surface area (TPSA) is 59.6 Å². The first-order chi connectivity index (χ1) is 13.8. The molecule has 7 heteroatoms. The minimum atomic E-state index is -0.941. The van der Waals surface area contributed by atoms with E-state index in [2.05, 4.69) is 10.6 Å². The maximum atomic E-state index is 13.5. The first kappa shape index (κ1) is 20.9. The summed E-state index contributed by atoms with van der Waals surface area (Å²) in [5, 5.41) is 5.74. The molecule has 2 aromatic rings. The number of benzene rings is 2. The number of urea groups is 1. The summed E-state index contributed by atoms with van der Waals surface area (Å²) in [5.74, 6) is -0.374. The van der Waals surface area contributed by atoms with Gasteiger partial charge in [0.25, 0.3) is 0 Å². The number of ether oxygens (including phenoxy) is 2. The number of carbonyl (C=O) groups excluding carboxylic acids is 1. The second-order valence-electron chi connectivity index (χ2n) is 7.49. The van der Waals surface area contributed by atoms with Crippen LogP contribution in [-0.4, -0.2) is 19.2 Å². The minimum absolute atomic E-state index is 0.115. The van der Waals surface area contributed by atoms with Crippen molar-refractivity contribution < 1.29 is 23.0 Å². The van der Waals surface area contributed by atoms with E-state index in [1.54, 1.807) is 6.92 Å². The lowest BCUT2D eigenvalue weighted by Gasteiger charge is -2.25. The summed E-state index contributed by atoms with van der Waals surface area (Å²) in [4.78, 5) is 12.6. The molecule has 0 aliphatic carbocycles. The third-order valence-electron chi connectivity index (χ3n) is 4.88. The zero-order valence-corrected chi connectivity index (χ0v) is 16.8. The van der Waals surface area contributed by atoms with Crippen molar-refractivity contribution in [1.29, 1.82) is 0 Å². The van der Waals surface area contributed by atoms with Crippen molar-refractivity contribution in [2.75, 3.05) is 13.2 Å². The summed E-state index contributed by atoms with van der Waals surface area (Å²) < 4.78 is 38.0. The fourth-order valence-electron chi connectivity index (χ4n) is 3.25. The number of hydrogen-bond acceptors (Lipinski definition) is 3. The van der Waals surface area contributed by atoms with Gasteiger partial charge in [-0.2, -0.15) is 0 Å². The Morgan fingerprint density at radius 2 is 1.59 bits per heavy atom. The van der Waals surface area contributed by atoms with Crippen molar-refractivity contribution >= 4 is 6.03 Å². The Morgan fingerprint density at radius 1 is 0.897 bits per heavy atom. The Morgan fingerprint density at radius 3 is 2.28 bits per heavy atom. The predicted molar refractivity (Wildman–Crippen MR) is 106 cm³/mol. The van der Waals surface area contributed by atoms with Crippen LogP contribution in [0.1, 0.15) is 50.4 Å². The van der Waals surface area contributed by atoms with E-state index in [-0.39, 0.29) is 12.0 Å². The predicted octanol–water partition coefficient (Wildman–Crippen LogP) is 4.88. The molecule has 0 spiro atoms. The largest absolute Gasteiger partial charge is 0.490 e. The van der Waals surface area contributed by atoms with Gasteiger partial charge in [-0.1, -0.05) is 26.0 Å². The van der Waals surface area contributed by atoms with Gasteiger partial charge in [-0.3, -0.25) is 0 Å². The molecule has 1 aliphatic heterocycles. The molecular weight excluding hydrogens is 378 g/mol. The van der Waals surface area contributed by atoms with Crippen LogP contribution in [0.15, 0.2) is 36.4 Å². The first-order valence-corrected chi connectivity index (χ1v) is 9.76. The van der Waals surface area contributed by atoms with Gasteiger partial charge in [-0.15, -0.1) is 0 Å². The smallest absolute Gasteiger partial charge is 0.315 e. The van der Waals surface area contributed by atoms with Crippen LogP contribution in [0.3, 0.4) is 0 Å². The number of rotatable bonds is 5. The van der Waals surface area contributed by atoms with E-state index in [1.165, 1.54) is 6.07 Å². The number of carbonyl (C=O) groups is 1. The molecule has 0 saturated carbocycles. The van der Waals surface area contributed by atoms with Crippen LogP contribution in [0.4, 0.5) is 13.6 Å². The molecule has 2 aromatic carbocycles. The molecule has 156 valence electrons. The Balaban J connectivity index is 1.70. The number of halogens is 2. The molecule has 1 heterocycles. The number of hydrogen-bond donors (Lipinski definition) is 2. The highest BCUT2D eigenvalue weighted by atomic mass is 19.2. The molecular formula is C22H26F2N2O3. The highest BCUT2D eigenvalue weighted by Crippen LogP contribution is 2.34. The lowest BCUT2D eigenvalue weighted by Crippen LogP contribution is -2.40. The zero-order chi connectivity index (χ0) is 21.0. The molecule has 0 unspecified atom stereocenters. The van der Waals surface area contributed by atoms with E-state index in [4.69, 9.17) is 9.47 Å². The molecule has 2 atom stereocenters. The summed E-state index contributed by atoms with van der Waals surface area (Å²) in [6.45, 7) is 6.93. The first-order valence-electron chi connectivity index (χ1n) is 9.76. The highest BCUT2D eigenvalue weighted by Gasteiger charge is 2.22. The SMILES string of the molecule is CC(C)[C@H](NC(=O)N[C@H](C)c1ccc(F)c(F)c1)c1ccc2c(c1)OCCCO2. The van der Waals surface area contributed by atoms with Gasteiger partial charge in [0.05, 0.1) is 25.3 Å². The number of amides is 2. The van der Waals surface area contributed by atoms with Crippen molar-refractivity contribution in [3.63, 3.8) is 0 Å². The van der Waals surface area contributed by atoms with Gasteiger partial charge in [0, 0.05) is 6.42 Å². The summed E-state index contributed by atoms with van der Waals surface area (Å²) in [6.07, 6.45) is 0.820. The highest BCUT2D eigenvalue weighted by molar-refractivity contribution is 5.75. The monoisotopic (exact) mass is 404 g/mol. The third kappa shape index (κ3) is 5.16. The van der Waals surface area contributed by atoms with Gasteiger partial charge in [0.15, 0.2) is 23.1 Å². The van der Waals surface area contributed by atoms with Gasteiger partial charge >= 0.3 is 6.03 Å². The normalized spacial score (nSPS) is 15.4. The third-order valence-corrected chi connectivity index (χ3v) is 4.88. The van der Waals surface area contributed by atoms with Gasteiger partial charge in [0.1, 0.15) is 0 Å². The van der Waals surface area contributed by atoms with E-state index < -0.39 is 23.7 Å². The molecule has 0 fully saturated rings. The Hall–Kier alpha value is -2.83. The van der Waals surface area contributed by atoms with Crippen molar-refractivity contribution in [3.8, 4) is 11.5 Å². The van der Waals surface area contributed by atoms with Gasteiger partial charge in [0.2, 0.25) is 0 Å². The summed E-state index contributed by atoms with van der Waals surface area (Å²) in [5.41, 5.74) is 1.38. The molecule has 2 amide bonds. The molecule has 0 bridgehead atoms. The quantitative estimate of drug-likeness (QED) is 0.746. The number of fused-ring (bicyclic) bond motifs is 1. The van der Waals surface area contributed by atoms with Crippen LogP contribution in [0.5, 0.6) is 11.5 Å². The van der Waals surface area contributed by atoms with Crippen molar-refractivity contribution in [2.24, 2.45) is 5.92 Å². The summed E-state index contributed by atoms with van der Waals surface area (Å²) >= 11 is 0. The second kappa shape index (κ2) is 9.11. The Bertz CT molecular complexity index is 873. The molecule has 0 aromatic heterocycles. The maximum absolute atomic E-state index is 13.5. The van der Waals surface area contributed by atoms with Gasteiger partial charge in [-0.25, -0.2) is 13.6 Å². The lowest BCUT2D eigenvalue weighted by molar-refractivity contribution is 0.230. The Kier molecular flexibility index (Phi) is 6.56. The average Bonchev–Trinajstić information content (AvgIpc) is 2.92. The van der Waals surface area contributed by atoms with Crippen LogP contribution in [0, 0.1) is 17.6 Å². The van der Waals surface area contributed by atoms with Crippen LogP contribution in [0.2, 0.25) is 0 Å². The molecule has 0 radical (unpaired) electrons. The lowest BCUT2D eigenvalue weighted by atomic mass is 9.95. The molecule has 5 nitrogen and oxygen atoms in total. The van der Waals surface area contributed by atoms with E-state index in [0.717, 1.165) is 24.1 Å². The molecule has 2 N–H and O–H groups in total. The summed E-state index contributed by atoms with van der Waals surface area (Å²) in [6, 6.07) is 8.11. The van der Waals surface area contributed by atoms with E-state index in [0.29, 0.717) is 30.3 Å². The van der Waals surface area contributed by atoms with E-state index in [1.807, 2.05) is 32.0 Å². The van der Waals surface area contributed by atoms with Gasteiger partial charge in [-0.05, 0) is 48.2 Å². The molecule has 0 saturated heterocycles. The zero-order valence-electron chi connectivity index (χ0n) is 16.8. The second-order valence-corrected chi connectivity index (χ2v) is 7.49. The molecule has 29 heavy (non-hydrogen) atoms. The van der Waals surface area contributed by atoms with Crippen LogP contribution in [-0.2, 0) is 0 Å². The minimum Gasteiger partial charge on any atom is -0.490 e. The summed E-state index contributed by atoms with van der Waals surface area (Å²) in [7, 11) is 0. The maximum Gasteiger partial charge on any atom is 0.315 e. The van der Waals surface area contributed by atoms with Crippen LogP contribution < -0.4 is 20.1 Å². The van der Waals surface area contributed by atoms with E-state index >= 15 is 0 Å². The van der Waals surface area contributed by atoms with Gasteiger partial charge < -0.3 is 20.1 Å². The Labute approximate surface area is 169 Å².